The van der Waals surface area contributed by atoms with E-state index in [4.69, 9.17) is 16.3 Å². The van der Waals surface area contributed by atoms with Crippen LogP contribution in [-0.2, 0) is 11.2 Å². The molecule has 0 radical (unpaired) electrons. The van der Waals surface area contributed by atoms with Crippen molar-refractivity contribution in [1.29, 1.82) is 0 Å². The molecule has 0 spiro atoms. The Morgan fingerprint density at radius 1 is 1.21 bits per heavy atom. The number of fused-ring (bicyclic) bond motifs is 1. The predicted octanol–water partition coefficient (Wildman–Crippen LogP) is 3.58. The Morgan fingerprint density at radius 3 is 2.68 bits per heavy atom. The number of hydrogen-bond donors (Lipinski definition) is 1. The van der Waals surface area contributed by atoms with Crippen LogP contribution < -0.4 is 10.1 Å². The lowest BCUT2D eigenvalue weighted by molar-refractivity contribution is -0.105. The van der Waals surface area contributed by atoms with E-state index in [0.29, 0.717) is 6.41 Å². The summed E-state index contributed by atoms with van der Waals surface area (Å²) in [5, 5.41) is 3.36. The number of nitrogens with one attached hydrogen (secondary N) is 1. The molecule has 2 aromatic carbocycles. The zero-order valence-corrected chi connectivity index (χ0v) is 10.9. The molecule has 1 amide bonds. The molecule has 0 saturated heterocycles. The predicted molar refractivity (Wildman–Crippen MR) is 74.7 cm³/mol. The summed E-state index contributed by atoms with van der Waals surface area (Å²) >= 11 is 6.16. The highest BCUT2D eigenvalue weighted by Crippen LogP contribution is 2.40. The van der Waals surface area contributed by atoms with Gasteiger partial charge in [0.1, 0.15) is 11.9 Å². The van der Waals surface area contributed by atoms with E-state index in [-0.39, 0.29) is 6.10 Å². The molecule has 1 aliphatic rings. The van der Waals surface area contributed by atoms with Crippen molar-refractivity contribution in [3.8, 4) is 5.75 Å². The minimum absolute atomic E-state index is 0.0137. The molecular weight excluding hydrogens is 262 g/mol. The van der Waals surface area contributed by atoms with Crippen molar-refractivity contribution in [2.24, 2.45) is 0 Å². The smallest absolute Gasteiger partial charge is 0.211 e. The van der Waals surface area contributed by atoms with Crippen molar-refractivity contribution in [3.05, 3.63) is 58.6 Å². The molecular formula is C15H12ClNO2. The molecule has 0 aliphatic carbocycles. The Bertz CT molecular complexity index is 610. The lowest BCUT2D eigenvalue weighted by Gasteiger charge is -2.11. The fourth-order valence-electron chi connectivity index (χ4n) is 2.28. The van der Waals surface area contributed by atoms with Crippen LogP contribution in [0.15, 0.2) is 42.5 Å². The van der Waals surface area contributed by atoms with Gasteiger partial charge in [0.25, 0.3) is 0 Å². The molecule has 3 nitrogen and oxygen atoms in total. The lowest BCUT2D eigenvalue weighted by atomic mass is 10.0. The Kier molecular flexibility index (Phi) is 3.13. The van der Waals surface area contributed by atoms with Crippen LogP contribution in [0.4, 0.5) is 5.69 Å². The maximum Gasteiger partial charge on any atom is 0.211 e. The number of carbonyl (C=O) groups excluding carboxylic acids is 1. The van der Waals surface area contributed by atoms with Gasteiger partial charge < -0.3 is 10.1 Å². The highest BCUT2D eigenvalue weighted by Gasteiger charge is 2.25. The van der Waals surface area contributed by atoms with E-state index in [1.54, 1.807) is 0 Å². The molecule has 19 heavy (non-hydrogen) atoms. The molecule has 1 aliphatic heterocycles. The number of carbonyl (C=O) groups is 1. The van der Waals surface area contributed by atoms with Crippen LogP contribution in [0.1, 0.15) is 17.2 Å². The molecule has 3 rings (SSSR count). The van der Waals surface area contributed by atoms with E-state index in [0.717, 1.165) is 34.0 Å². The molecule has 2 aromatic rings. The summed E-state index contributed by atoms with van der Waals surface area (Å²) < 4.78 is 5.90. The van der Waals surface area contributed by atoms with E-state index in [9.17, 15) is 4.79 Å². The summed E-state index contributed by atoms with van der Waals surface area (Å²) in [5.74, 6) is 0.854. The number of anilines is 1. The van der Waals surface area contributed by atoms with Gasteiger partial charge in [0.05, 0.1) is 0 Å². The number of amides is 1. The van der Waals surface area contributed by atoms with Crippen LogP contribution in [-0.4, -0.2) is 6.41 Å². The van der Waals surface area contributed by atoms with Crippen LogP contribution in [0.25, 0.3) is 0 Å². The van der Waals surface area contributed by atoms with Crippen LogP contribution in [0.3, 0.4) is 0 Å². The monoisotopic (exact) mass is 273 g/mol. The van der Waals surface area contributed by atoms with Gasteiger partial charge in [-0.05, 0) is 29.8 Å². The van der Waals surface area contributed by atoms with Gasteiger partial charge in [-0.15, -0.1) is 0 Å². The van der Waals surface area contributed by atoms with Gasteiger partial charge in [-0.2, -0.15) is 0 Å². The lowest BCUT2D eigenvalue weighted by Crippen LogP contribution is -2.03. The fraction of sp³-hybridized carbons (Fsp3) is 0.133. The molecule has 0 bridgehead atoms. The van der Waals surface area contributed by atoms with Crippen LogP contribution in [0.5, 0.6) is 5.75 Å². The molecule has 0 saturated carbocycles. The van der Waals surface area contributed by atoms with E-state index >= 15 is 0 Å². The third-order valence-electron chi connectivity index (χ3n) is 3.24. The van der Waals surface area contributed by atoms with E-state index in [1.165, 1.54) is 0 Å². The highest BCUT2D eigenvalue weighted by molar-refractivity contribution is 6.31. The van der Waals surface area contributed by atoms with Crippen molar-refractivity contribution in [2.75, 3.05) is 5.32 Å². The molecule has 0 fully saturated rings. The second kappa shape index (κ2) is 4.94. The topological polar surface area (TPSA) is 38.3 Å². The average molecular weight is 274 g/mol. The largest absolute Gasteiger partial charge is 0.485 e. The first-order chi connectivity index (χ1) is 9.28. The number of ether oxygens (including phenoxy) is 1. The van der Waals surface area contributed by atoms with Crippen molar-refractivity contribution in [2.45, 2.75) is 12.5 Å². The Hall–Kier alpha value is -2.00. The van der Waals surface area contributed by atoms with E-state index < -0.39 is 0 Å². The quantitative estimate of drug-likeness (QED) is 0.868. The summed E-state index contributed by atoms with van der Waals surface area (Å²) in [6.45, 7) is 0. The molecule has 0 aromatic heterocycles. The van der Waals surface area contributed by atoms with Gasteiger partial charge in [0, 0.05) is 22.7 Å². The zero-order valence-electron chi connectivity index (χ0n) is 10.1. The summed E-state index contributed by atoms with van der Waals surface area (Å²) in [4.78, 5) is 10.4. The Labute approximate surface area is 116 Å². The van der Waals surface area contributed by atoms with Crippen molar-refractivity contribution < 1.29 is 9.53 Å². The van der Waals surface area contributed by atoms with Crippen LogP contribution >= 0.6 is 11.6 Å². The minimum Gasteiger partial charge on any atom is -0.485 e. The standard InChI is InChI=1S/C15H12ClNO2/c16-13-2-1-3-14-12(13)8-15(19-14)10-4-6-11(7-5-10)17-9-18/h1-7,9,15H,8H2,(H,17,18). The number of rotatable bonds is 3. The van der Waals surface area contributed by atoms with Gasteiger partial charge in [-0.3, -0.25) is 4.79 Å². The SMILES string of the molecule is O=CNc1ccc(C2Cc3c(Cl)cccc3O2)cc1. The van der Waals surface area contributed by atoms with Crippen LogP contribution in [0.2, 0.25) is 5.02 Å². The Balaban J connectivity index is 1.82. The third kappa shape index (κ3) is 2.29. The normalized spacial score (nSPS) is 16.6. The van der Waals surface area contributed by atoms with E-state index in [1.807, 2.05) is 42.5 Å². The Morgan fingerprint density at radius 2 is 2.00 bits per heavy atom. The maximum absolute atomic E-state index is 10.4. The molecule has 96 valence electrons. The second-order valence-corrected chi connectivity index (χ2v) is 4.82. The van der Waals surface area contributed by atoms with Gasteiger partial charge in [0.15, 0.2) is 0 Å². The van der Waals surface area contributed by atoms with Crippen molar-refractivity contribution >= 4 is 23.7 Å². The second-order valence-electron chi connectivity index (χ2n) is 4.41. The third-order valence-corrected chi connectivity index (χ3v) is 3.60. The van der Waals surface area contributed by atoms with Gasteiger partial charge in [-0.25, -0.2) is 0 Å². The van der Waals surface area contributed by atoms with Gasteiger partial charge in [-0.1, -0.05) is 29.8 Å². The van der Waals surface area contributed by atoms with Gasteiger partial charge in [0.2, 0.25) is 6.41 Å². The molecule has 1 N–H and O–H groups in total. The first-order valence-corrected chi connectivity index (χ1v) is 6.40. The average Bonchev–Trinajstić information content (AvgIpc) is 2.85. The van der Waals surface area contributed by atoms with Gasteiger partial charge >= 0.3 is 0 Å². The molecule has 4 heteroatoms. The first kappa shape index (κ1) is 12.1. The maximum atomic E-state index is 10.4. The summed E-state index contributed by atoms with van der Waals surface area (Å²) in [6, 6.07) is 13.3. The molecule has 1 heterocycles. The molecule has 1 unspecified atom stereocenters. The van der Waals surface area contributed by atoms with E-state index in [2.05, 4.69) is 5.32 Å². The number of halogens is 1. The van der Waals surface area contributed by atoms with Crippen molar-refractivity contribution in [1.82, 2.24) is 0 Å². The summed E-state index contributed by atoms with van der Waals surface area (Å²) in [7, 11) is 0. The number of benzene rings is 2. The first-order valence-electron chi connectivity index (χ1n) is 6.02. The zero-order chi connectivity index (χ0) is 13.2. The molecule has 1 atom stereocenters. The summed E-state index contributed by atoms with van der Waals surface area (Å²) in [5.41, 5.74) is 2.90. The van der Waals surface area contributed by atoms with Crippen molar-refractivity contribution in [3.63, 3.8) is 0 Å². The van der Waals surface area contributed by atoms with Crippen LogP contribution in [0, 0.1) is 0 Å². The number of hydrogen-bond acceptors (Lipinski definition) is 2. The fourth-order valence-corrected chi connectivity index (χ4v) is 2.52. The summed E-state index contributed by atoms with van der Waals surface area (Å²) in [6.07, 6.45) is 1.42. The highest BCUT2D eigenvalue weighted by atomic mass is 35.5. The minimum atomic E-state index is -0.0137.